The van der Waals surface area contributed by atoms with Crippen molar-refractivity contribution in [3.05, 3.63) is 36.2 Å². The van der Waals surface area contributed by atoms with E-state index in [0.717, 1.165) is 24.4 Å². The molecule has 8 heteroatoms. The highest BCUT2D eigenvalue weighted by molar-refractivity contribution is 8.00. The predicted octanol–water partition coefficient (Wildman–Crippen LogP) is 3.25. The third kappa shape index (κ3) is 5.09. The lowest BCUT2D eigenvalue weighted by atomic mass is 10.1. The van der Waals surface area contributed by atoms with E-state index in [1.165, 1.54) is 11.8 Å². The maximum Gasteiger partial charge on any atom is 0.321 e. The van der Waals surface area contributed by atoms with Crippen LogP contribution in [0.25, 0.3) is 5.69 Å². The largest absolute Gasteiger partial charge is 0.333 e. The van der Waals surface area contributed by atoms with Gasteiger partial charge >= 0.3 is 6.03 Å². The number of carbonyl (C=O) groups excluding carboxylic acids is 2. The van der Waals surface area contributed by atoms with Crippen LogP contribution in [0.2, 0.25) is 0 Å². The zero-order chi connectivity index (χ0) is 19.6. The van der Waals surface area contributed by atoms with Crippen molar-refractivity contribution in [1.29, 1.82) is 0 Å². The van der Waals surface area contributed by atoms with Gasteiger partial charge < -0.3 is 5.32 Å². The first kappa shape index (κ1) is 19.4. The molecule has 0 spiro atoms. The average Bonchev–Trinajstić information content (AvgIpc) is 3.34. The Kier molecular flexibility index (Phi) is 5.55. The number of benzene rings is 1. The summed E-state index contributed by atoms with van der Waals surface area (Å²) in [4.78, 5) is 24.3. The first-order valence-corrected chi connectivity index (χ1v) is 9.93. The summed E-state index contributed by atoms with van der Waals surface area (Å²) in [5, 5.41) is 13.9. The number of carbonyl (C=O) groups is 2. The van der Waals surface area contributed by atoms with Gasteiger partial charge in [-0.1, -0.05) is 30.0 Å². The van der Waals surface area contributed by atoms with E-state index in [9.17, 15) is 9.59 Å². The molecular weight excluding hydrogens is 362 g/mol. The van der Waals surface area contributed by atoms with Crippen LogP contribution in [0.4, 0.5) is 4.79 Å². The number of amides is 3. The lowest BCUT2D eigenvalue weighted by molar-refractivity contribution is -0.119. The minimum absolute atomic E-state index is 0.364. The van der Waals surface area contributed by atoms with Gasteiger partial charge in [-0.15, -0.1) is 10.2 Å². The van der Waals surface area contributed by atoms with E-state index >= 15 is 0 Å². The second-order valence-electron chi connectivity index (χ2n) is 7.74. The molecule has 1 aliphatic carbocycles. The van der Waals surface area contributed by atoms with Crippen molar-refractivity contribution in [3.63, 3.8) is 0 Å². The third-order valence-corrected chi connectivity index (χ3v) is 5.03. The van der Waals surface area contributed by atoms with Crippen LogP contribution in [0.3, 0.4) is 0 Å². The van der Waals surface area contributed by atoms with Crippen molar-refractivity contribution in [3.8, 4) is 5.69 Å². The summed E-state index contributed by atoms with van der Waals surface area (Å²) in [7, 11) is 0. The Morgan fingerprint density at radius 1 is 1.19 bits per heavy atom. The lowest BCUT2D eigenvalue weighted by Crippen LogP contribution is -2.49. The molecule has 0 radical (unpaired) electrons. The Morgan fingerprint density at radius 3 is 2.44 bits per heavy atom. The Labute approximate surface area is 163 Å². The van der Waals surface area contributed by atoms with Crippen LogP contribution in [0.5, 0.6) is 0 Å². The van der Waals surface area contributed by atoms with Crippen molar-refractivity contribution in [2.45, 2.75) is 62.4 Å². The molecule has 1 saturated carbocycles. The highest BCUT2D eigenvalue weighted by Crippen LogP contribution is 2.41. The van der Waals surface area contributed by atoms with Gasteiger partial charge in [0.15, 0.2) is 5.16 Å². The normalized spacial score (nSPS) is 15.3. The Balaban J connectivity index is 1.74. The molecule has 1 heterocycles. The van der Waals surface area contributed by atoms with Gasteiger partial charge in [0, 0.05) is 17.1 Å². The SMILES string of the molecule is C[C@H](Sc1nnc(C2CC2)n1-c1ccccc1)C(=O)NC(=O)NC(C)(C)C. The average molecular weight is 388 g/mol. The van der Waals surface area contributed by atoms with Gasteiger partial charge in [-0.3, -0.25) is 14.7 Å². The molecule has 144 valence electrons. The number of hydrogen-bond donors (Lipinski definition) is 2. The van der Waals surface area contributed by atoms with Crippen LogP contribution in [0, 0.1) is 0 Å². The van der Waals surface area contributed by atoms with Gasteiger partial charge in [-0.25, -0.2) is 4.79 Å². The number of imide groups is 1. The van der Waals surface area contributed by atoms with Gasteiger partial charge in [0.1, 0.15) is 5.82 Å². The summed E-state index contributed by atoms with van der Waals surface area (Å²) >= 11 is 1.30. The second-order valence-corrected chi connectivity index (χ2v) is 9.05. The van der Waals surface area contributed by atoms with Crippen LogP contribution < -0.4 is 10.6 Å². The molecule has 3 rings (SSSR count). The summed E-state index contributed by atoms with van der Waals surface area (Å²) in [6.45, 7) is 7.33. The number of para-hydroxylation sites is 1. The maximum absolute atomic E-state index is 12.4. The summed E-state index contributed by atoms with van der Waals surface area (Å²) in [6.07, 6.45) is 2.22. The van der Waals surface area contributed by atoms with E-state index in [4.69, 9.17) is 0 Å². The molecule has 0 saturated heterocycles. The molecule has 2 N–H and O–H groups in total. The van der Waals surface area contributed by atoms with Gasteiger partial charge in [-0.05, 0) is 52.7 Å². The van der Waals surface area contributed by atoms with Crippen LogP contribution in [-0.2, 0) is 4.79 Å². The Morgan fingerprint density at radius 2 is 1.85 bits per heavy atom. The topological polar surface area (TPSA) is 88.9 Å². The molecule has 27 heavy (non-hydrogen) atoms. The maximum atomic E-state index is 12.4. The second kappa shape index (κ2) is 7.72. The van der Waals surface area contributed by atoms with Gasteiger partial charge in [-0.2, -0.15) is 0 Å². The van der Waals surface area contributed by atoms with E-state index in [0.29, 0.717) is 11.1 Å². The van der Waals surface area contributed by atoms with E-state index in [1.807, 2.05) is 55.7 Å². The highest BCUT2D eigenvalue weighted by atomic mass is 32.2. The fourth-order valence-electron chi connectivity index (χ4n) is 2.58. The fourth-order valence-corrected chi connectivity index (χ4v) is 3.45. The highest BCUT2D eigenvalue weighted by Gasteiger charge is 2.32. The predicted molar refractivity (Wildman–Crippen MR) is 105 cm³/mol. The molecular formula is C19H25N5O2S. The standard InChI is InChI=1S/C19H25N5O2S/c1-12(16(25)20-17(26)21-19(2,3)4)27-18-23-22-15(13-10-11-13)24(18)14-8-6-5-7-9-14/h5-9,12-13H,10-11H2,1-4H3,(H2,20,21,25,26)/t12-/m0/s1. The molecule has 0 aliphatic heterocycles. The molecule has 0 unspecified atom stereocenters. The quantitative estimate of drug-likeness (QED) is 0.769. The molecule has 1 atom stereocenters. The molecule has 1 aromatic heterocycles. The first-order chi connectivity index (χ1) is 12.7. The van der Waals surface area contributed by atoms with Crippen molar-refractivity contribution < 1.29 is 9.59 Å². The Bertz CT molecular complexity index is 824. The van der Waals surface area contributed by atoms with E-state index in [1.54, 1.807) is 6.92 Å². The van der Waals surface area contributed by atoms with Crippen molar-refractivity contribution in [2.75, 3.05) is 0 Å². The third-order valence-electron chi connectivity index (χ3n) is 3.99. The van der Waals surface area contributed by atoms with E-state index < -0.39 is 16.8 Å². The van der Waals surface area contributed by atoms with E-state index in [2.05, 4.69) is 20.8 Å². The summed E-state index contributed by atoms with van der Waals surface area (Å²) in [5.74, 6) is 0.993. The molecule has 1 aliphatic rings. The van der Waals surface area contributed by atoms with Crippen LogP contribution in [-0.4, -0.2) is 37.5 Å². The number of thioether (sulfide) groups is 1. The zero-order valence-corrected chi connectivity index (χ0v) is 16.8. The number of rotatable bonds is 5. The summed E-state index contributed by atoms with van der Waals surface area (Å²) in [6, 6.07) is 9.40. The minimum atomic E-state index is -0.497. The molecule has 1 fully saturated rings. The van der Waals surface area contributed by atoms with Gasteiger partial charge in [0.05, 0.1) is 5.25 Å². The van der Waals surface area contributed by atoms with Crippen LogP contribution in [0.1, 0.15) is 52.3 Å². The number of urea groups is 1. The zero-order valence-electron chi connectivity index (χ0n) is 16.0. The summed E-state index contributed by atoms with van der Waals surface area (Å²) < 4.78 is 2.02. The molecule has 0 bridgehead atoms. The first-order valence-electron chi connectivity index (χ1n) is 9.05. The van der Waals surface area contributed by atoms with E-state index in [-0.39, 0.29) is 5.91 Å². The monoisotopic (exact) mass is 387 g/mol. The molecule has 3 amide bonds. The Hall–Kier alpha value is -2.35. The van der Waals surface area contributed by atoms with Gasteiger partial charge in [0.25, 0.3) is 0 Å². The molecule has 1 aromatic carbocycles. The van der Waals surface area contributed by atoms with Crippen LogP contribution >= 0.6 is 11.8 Å². The summed E-state index contributed by atoms with van der Waals surface area (Å²) in [5.41, 5.74) is 0.568. The van der Waals surface area contributed by atoms with Crippen LogP contribution in [0.15, 0.2) is 35.5 Å². The number of hydrogen-bond acceptors (Lipinski definition) is 5. The van der Waals surface area contributed by atoms with Crippen molar-refractivity contribution in [1.82, 2.24) is 25.4 Å². The smallest absolute Gasteiger partial charge is 0.321 e. The molecule has 2 aromatic rings. The number of aromatic nitrogens is 3. The number of nitrogens with one attached hydrogen (secondary N) is 2. The van der Waals surface area contributed by atoms with Crippen molar-refractivity contribution in [2.24, 2.45) is 0 Å². The van der Waals surface area contributed by atoms with Gasteiger partial charge in [0.2, 0.25) is 5.91 Å². The number of nitrogens with zero attached hydrogens (tertiary/aromatic N) is 3. The minimum Gasteiger partial charge on any atom is -0.333 e. The lowest BCUT2D eigenvalue weighted by Gasteiger charge is -2.21. The molecule has 7 nitrogen and oxygen atoms in total. The van der Waals surface area contributed by atoms with Crippen molar-refractivity contribution >= 4 is 23.7 Å². The fraction of sp³-hybridized carbons (Fsp3) is 0.474.